The first-order valence-electron chi connectivity index (χ1n) is 9.62. The summed E-state index contributed by atoms with van der Waals surface area (Å²) in [5.74, 6) is 1.28. The molecule has 0 bridgehead atoms. The summed E-state index contributed by atoms with van der Waals surface area (Å²) < 4.78 is 6.20. The van der Waals surface area contributed by atoms with Crippen molar-refractivity contribution < 1.29 is 9.21 Å². The van der Waals surface area contributed by atoms with Crippen molar-refractivity contribution in [1.82, 2.24) is 20.2 Å². The van der Waals surface area contributed by atoms with Crippen LogP contribution in [0.3, 0.4) is 0 Å². The number of fused-ring (bicyclic) bond motifs is 3. The maximum Gasteiger partial charge on any atom is 0.174 e. The number of imidazole rings is 1. The van der Waals surface area contributed by atoms with Gasteiger partial charge >= 0.3 is 0 Å². The van der Waals surface area contributed by atoms with E-state index in [2.05, 4.69) is 25.2 Å². The number of carbonyl (C=O) groups is 1. The summed E-state index contributed by atoms with van der Waals surface area (Å²) >= 11 is 1.44. The number of H-pyrrole nitrogens is 2. The largest absolute Gasteiger partial charge is 0.454 e. The highest BCUT2D eigenvalue weighted by Gasteiger charge is 2.42. The SMILES string of the molecule is O=C1CCCC2=Nc3[nH]ncc3[C@H](c3ccc(Sc4nc5ccccc5[nH]4)o3)C12. The molecule has 1 saturated carbocycles. The molecule has 1 unspecified atom stereocenters. The third kappa shape index (κ3) is 2.74. The van der Waals surface area contributed by atoms with E-state index in [-0.39, 0.29) is 17.6 Å². The van der Waals surface area contributed by atoms with Crippen molar-refractivity contribution in [2.24, 2.45) is 10.9 Å². The van der Waals surface area contributed by atoms with Gasteiger partial charge in [-0.05, 0) is 48.9 Å². The fourth-order valence-electron chi connectivity index (χ4n) is 4.32. The number of benzene rings is 1. The van der Waals surface area contributed by atoms with Crippen molar-refractivity contribution in [1.29, 1.82) is 0 Å². The standard InChI is InChI=1S/C21H17N5O2S/c27-15-7-3-6-14-19(15)18(11-10-22-26-20(11)23-14)16-8-9-17(28-16)29-21-24-12-4-1-2-5-13(12)25-21/h1-2,4-5,8-10,18-19H,3,6-7H2,(H,22,26)(H,24,25)/t18-,19?/m1/s1. The number of rotatable bonds is 3. The molecule has 8 heteroatoms. The average molecular weight is 403 g/mol. The molecule has 7 nitrogen and oxygen atoms in total. The van der Waals surface area contributed by atoms with Crippen LogP contribution in [0.2, 0.25) is 0 Å². The van der Waals surface area contributed by atoms with Gasteiger partial charge in [0, 0.05) is 17.7 Å². The van der Waals surface area contributed by atoms with Gasteiger partial charge in [0.2, 0.25) is 0 Å². The van der Waals surface area contributed by atoms with Gasteiger partial charge in [0.1, 0.15) is 11.5 Å². The summed E-state index contributed by atoms with van der Waals surface area (Å²) in [7, 11) is 0. The third-order valence-corrected chi connectivity index (χ3v) is 6.41. The molecule has 0 radical (unpaired) electrons. The van der Waals surface area contributed by atoms with Gasteiger partial charge < -0.3 is 9.40 Å². The number of nitrogens with zero attached hydrogens (tertiary/aromatic N) is 3. The molecule has 6 rings (SSSR count). The number of furan rings is 1. The number of aromatic nitrogens is 4. The maximum atomic E-state index is 12.8. The molecule has 144 valence electrons. The van der Waals surface area contributed by atoms with Crippen LogP contribution in [0.25, 0.3) is 11.0 Å². The number of aromatic amines is 2. The first-order valence-corrected chi connectivity index (χ1v) is 10.4. The molecule has 2 aliphatic rings. The molecule has 29 heavy (non-hydrogen) atoms. The Morgan fingerprint density at radius 1 is 1.10 bits per heavy atom. The fourth-order valence-corrected chi connectivity index (χ4v) is 5.09. The zero-order valence-corrected chi connectivity index (χ0v) is 16.2. The van der Waals surface area contributed by atoms with Crippen LogP contribution in [0.5, 0.6) is 0 Å². The minimum Gasteiger partial charge on any atom is -0.454 e. The van der Waals surface area contributed by atoms with Crippen LogP contribution >= 0.6 is 11.8 Å². The summed E-state index contributed by atoms with van der Waals surface area (Å²) in [5, 5.41) is 8.62. The van der Waals surface area contributed by atoms with Crippen LogP contribution in [0.4, 0.5) is 5.82 Å². The van der Waals surface area contributed by atoms with Gasteiger partial charge in [0.05, 0.1) is 29.1 Å². The van der Waals surface area contributed by atoms with E-state index < -0.39 is 0 Å². The Balaban J connectivity index is 1.35. The van der Waals surface area contributed by atoms with Gasteiger partial charge in [-0.3, -0.25) is 9.89 Å². The minimum absolute atomic E-state index is 0.186. The fraction of sp³-hybridized carbons (Fsp3) is 0.238. The topological polar surface area (TPSA) is 99.9 Å². The molecule has 0 saturated heterocycles. The van der Waals surface area contributed by atoms with Gasteiger partial charge in [-0.1, -0.05) is 12.1 Å². The van der Waals surface area contributed by atoms with Crippen LogP contribution in [-0.4, -0.2) is 31.7 Å². The van der Waals surface area contributed by atoms with Crippen molar-refractivity contribution in [3.05, 3.63) is 53.9 Å². The molecule has 3 aromatic heterocycles. The maximum absolute atomic E-state index is 12.8. The lowest BCUT2D eigenvalue weighted by atomic mass is 9.72. The predicted molar refractivity (Wildman–Crippen MR) is 109 cm³/mol. The lowest BCUT2D eigenvalue weighted by Crippen LogP contribution is -2.36. The molecule has 2 atom stereocenters. The quantitative estimate of drug-likeness (QED) is 0.520. The lowest BCUT2D eigenvalue weighted by Gasteiger charge is -2.32. The first kappa shape index (κ1) is 16.8. The van der Waals surface area contributed by atoms with E-state index in [1.807, 2.05) is 36.4 Å². The number of carbonyl (C=O) groups excluding carboxylic acids is 1. The molecular formula is C21H17N5O2S. The molecule has 0 amide bonds. The molecule has 1 fully saturated rings. The molecule has 1 aliphatic heterocycles. The Hall–Kier alpha value is -3.13. The number of hydrogen-bond donors (Lipinski definition) is 2. The van der Waals surface area contributed by atoms with E-state index in [1.54, 1.807) is 6.20 Å². The van der Waals surface area contributed by atoms with Crippen molar-refractivity contribution >= 4 is 40.1 Å². The van der Waals surface area contributed by atoms with Crippen molar-refractivity contribution in [2.75, 3.05) is 0 Å². The highest BCUT2D eigenvalue weighted by molar-refractivity contribution is 7.99. The van der Waals surface area contributed by atoms with E-state index in [1.165, 1.54) is 11.8 Å². The number of Topliss-reactive ketones (excluding diaryl/α,β-unsaturated/α-hetero) is 1. The lowest BCUT2D eigenvalue weighted by molar-refractivity contribution is -0.122. The summed E-state index contributed by atoms with van der Waals surface area (Å²) in [6, 6.07) is 11.8. The summed E-state index contributed by atoms with van der Waals surface area (Å²) in [5.41, 5.74) is 3.77. The van der Waals surface area contributed by atoms with Crippen molar-refractivity contribution in [3.8, 4) is 0 Å². The zero-order valence-electron chi connectivity index (χ0n) is 15.4. The Kier molecular flexibility index (Phi) is 3.73. The number of para-hydroxylation sites is 2. The summed E-state index contributed by atoms with van der Waals surface area (Å²) in [6.07, 6.45) is 4.05. The third-order valence-electron chi connectivity index (χ3n) is 5.61. The smallest absolute Gasteiger partial charge is 0.174 e. The monoisotopic (exact) mass is 403 g/mol. The molecular weight excluding hydrogens is 386 g/mol. The van der Waals surface area contributed by atoms with Gasteiger partial charge in [0.25, 0.3) is 0 Å². The second-order valence-electron chi connectivity index (χ2n) is 7.37. The predicted octanol–water partition coefficient (Wildman–Crippen LogP) is 4.62. The van der Waals surface area contributed by atoms with E-state index >= 15 is 0 Å². The molecule has 0 spiro atoms. The number of hydrogen-bond acceptors (Lipinski definition) is 6. The highest BCUT2D eigenvalue weighted by Crippen LogP contribution is 2.45. The number of aliphatic imine (C=N–C) groups is 1. The molecule has 2 N–H and O–H groups in total. The van der Waals surface area contributed by atoms with Crippen LogP contribution in [-0.2, 0) is 4.79 Å². The normalized spacial score (nSPS) is 21.1. The van der Waals surface area contributed by atoms with E-state index in [4.69, 9.17) is 4.42 Å². The average Bonchev–Trinajstić information content (AvgIpc) is 3.45. The van der Waals surface area contributed by atoms with Crippen LogP contribution in [0.1, 0.15) is 36.5 Å². The molecule has 1 aliphatic carbocycles. The second kappa shape index (κ2) is 6.45. The Morgan fingerprint density at radius 2 is 2.03 bits per heavy atom. The highest BCUT2D eigenvalue weighted by atomic mass is 32.2. The van der Waals surface area contributed by atoms with E-state index in [9.17, 15) is 4.79 Å². The Bertz CT molecular complexity index is 1230. The van der Waals surface area contributed by atoms with Crippen molar-refractivity contribution in [3.63, 3.8) is 0 Å². The summed E-state index contributed by atoms with van der Waals surface area (Å²) in [6.45, 7) is 0. The number of nitrogens with one attached hydrogen (secondary N) is 2. The van der Waals surface area contributed by atoms with Gasteiger partial charge in [-0.15, -0.1) is 0 Å². The van der Waals surface area contributed by atoms with Gasteiger partial charge in [-0.2, -0.15) is 5.10 Å². The Morgan fingerprint density at radius 3 is 2.97 bits per heavy atom. The van der Waals surface area contributed by atoms with Gasteiger partial charge in [-0.25, -0.2) is 9.98 Å². The zero-order chi connectivity index (χ0) is 19.4. The summed E-state index contributed by atoms with van der Waals surface area (Å²) in [4.78, 5) is 25.3. The Labute approximate surface area is 170 Å². The number of ketones is 1. The van der Waals surface area contributed by atoms with Crippen molar-refractivity contribution in [2.45, 2.75) is 35.4 Å². The van der Waals surface area contributed by atoms with E-state index in [0.717, 1.165) is 57.0 Å². The van der Waals surface area contributed by atoms with Crippen LogP contribution in [0.15, 0.2) is 62.3 Å². The molecule has 1 aromatic carbocycles. The second-order valence-corrected chi connectivity index (χ2v) is 8.36. The van der Waals surface area contributed by atoms with E-state index in [0.29, 0.717) is 6.42 Å². The minimum atomic E-state index is -0.260. The first-order chi connectivity index (χ1) is 14.3. The van der Waals surface area contributed by atoms with Gasteiger partial charge in [0.15, 0.2) is 16.1 Å². The molecule has 4 aromatic rings. The van der Waals surface area contributed by atoms with Crippen LogP contribution < -0.4 is 0 Å². The molecule has 4 heterocycles. The van der Waals surface area contributed by atoms with Crippen LogP contribution in [0, 0.1) is 5.92 Å².